The summed E-state index contributed by atoms with van der Waals surface area (Å²) >= 11 is 0. The number of aromatic nitrogens is 5. The van der Waals surface area contributed by atoms with Crippen molar-refractivity contribution >= 4 is 29.0 Å². The summed E-state index contributed by atoms with van der Waals surface area (Å²) in [5, 5.41) is 44.7. The summed E-state index contributed by atoms with van der Waals surface area (Å²) in [5.41, 5.74) is 0.164. The fourth-order valence-electron chi connectivity index (χ4n) is 3.76. The van der Waals surface area contributed by atoms with Crippen LogP contribution in [-0.4, -0.2) is 71.8 Å². The van der Waals surface area contributed by atoms with Gasteiger partial charge in [-0.1, -0.05) is 13.0 Å². The predicted molar refractivity (Wildman–Crippen MR) is 131 cm³/mol. The van der Waals surface area contributed by atoms with E-state index in [2.05, 4.69) is 25.6 Å². The first-order valence-electron chi connectivity index (χ1n) is 11.4. The van der Waals surface area contributed by atoms with Crippen molar-refractivity contribution in [3.8, 4) is 17.1 Å². The molecule has 0 saturated heterocycles. The molecular weight excluding hydrogens is 484 g/mol. The van der Waals surface area contributed by atoms with Crippen LogP contribution in [0.2, 0.25) is 0 Å². The quantitative estimate of drug-likeness (QED) is 0.251. The van der Waals surface area contributed by atoms with E-state index in [0.29, 0.717) is 29.4 Å². The normalized spacial score (nSPS) is 14.1. The van der Waals surface area contributed by atoms with Crippen LogP contribution in [0, 0.1) is 5.41 Å². The Kier molecular flexibility index (Phi) is 6.82. The van der Waals surface area contributed by atoms with E-state index >= 15 is 0 Å². The monoisotopic (exact) mass is 512 g/mol. The molecule has 0 radical (unpaired) electrons. The molecule has 196 valence electrons. The molecule has 0 unspecified atom stereocenters. The third-order valence-electron chi connectivity index (χ3n) is 5.96. The molecule has 2 heterocycles. The molecule has 14 nitrogen and oxygen atoms in total. The lowest BCUT2D eigenvalue weighted by atomic mass is 10.1. The first-order valence-corrected chi connectivity index (χ1v) is 11.4. The third kappa shape index (κ3) is 5.50. The van der Waals surface area contributed by atoms with E-state index in [1.54, 1.807) is 37.5 Å². The number of nitrogens with zero attached hydrogens (tertiary/aromatic N) is 6. The Labute approximate surface area is 211 Å². The summed E-state index contributed by atoms with van der Waals surface area (Å²) in [6.45, 7) is 3.98. The van der Waals surface area contributed by atoms with Crippen molar-refractivity contribution in [3.05, 3.63) is 36.3 Å². The van der Waals surface area contributed by atoms with Gasteiger partial charge in [-0.3, -0.25) is 24.5 Å². The van der Waals surface area contributed by atoms with Crippen molar-refractivity contribution in [3.63, 3.8) is 0 Å². The zero-order chi connectivity index (χ0) is 27.0. The average Bonchev–Trinajstić information content (AvgIpc) is 3.44. The number of methoxy groups -OCH3 is 1. The smallest absolute Gasteiger partial charge is 0.369 e. The number of carbonyl (C=O) groups excluding carboxylic acids is 2. The van der Waals surface area contributed by atoms with Gasteiger partial charge in [0.2, 0.25) is 5.91 Å². The highest BCUT2D eigenvalue weighted by molar-refractivity contribution is 6.01. The fourth-order valence-corrected chi connectivity index (χ4v) is 3.76. The number of aliphatic hydroxyl groups is 3. The first kappa shape index (κ1) is 25.9. The molecule has 0 spiro atoms. The van der Waals surface area contributed by atoms with E-state index in [1.807, 2.05) is 6.92 Å². The van der Waals surface area contributed by atoms with Gasteiger partial charge in [-0.15, -0.1) is 10.2 Å². The van der Waals surface area contributed by atoms with Crippen LogP contribution in [0.25, 0.3) is 11.4 Å². The lowest BCUT2D eigenvalue weighted by Gasteiger charge is -2.24. The van der Waals surface area contributed by atoms with Crippen LogP contribution in [0.1, 0.15) is 37.2 Å². The zero-order valence-electron chi connectivity index (χ0n) is 20.8. The molecule has 4 rings (SSSR count). The van der Waals surface area contributed by atoms with Crippen LogP contribution in [0.4, 0.5) is 17.2 Å². The van der Waals surface area contributed by atoms with Gasteiger partial charge in [-0.05, 0) is 31.9 Å². The number of benzene rings is 1. The summed E-state index contributed by atoms with van der Waals surface area (Å²) in [4.78, 5) is 31.5. The van der Waals surface area contributed by atoms with Crippen molar-refractivity contribution in [2.24, 2.45) is 12.5 Å². The second-order valence-electron chi connectivity index (χ2n) is 8.92. The Morgan fingerprint density at radius 2 is 1.95 bits per heavy atom. The molecule has 1 aromatic carbocycles. The van der Waals surface area contributed by atoms with Gasteiger partial charge in [0, 0.05) is 25.1 Å². The van der Waals surface area contributed by atoms with Gasteiger partial charge in [-0.25, -0.2) is 4.98 Å². The molecule has 5 N–H and O–H groups in total. The molecule has 0 bridgehead atoms. The summed E-state index contributed by atoms with van der Waals surface area (Å²) in [7, 11) is 3.19. The van der Waals surface area contributed by atoms with Crippen molar-refractivity contribution in [1.29, 1.82) is 0 Å². The lowest BCUT2D eigenvalue weighted by molar-refractivity contribution is -0.323. The molecule has 3 aromatic rings. The van der Waals surface area contributed by atoms with E-state index in [0.717, 1.165) is 12.8 Å². The molecule has 1 fully saturated rings. The predicted octanol–water partition coefficient (Wildman–Crippen LogP) is 0.495. The van der Waals surface area contributed by atoms with Crippen molar-refractivity contribution in [2.75, 3.05) is 23.9 Å². The molecule has 1 aliphatic rings. The fraction of sp³-hybridized carbons (Fsp3) is 0.391. The number of nitrogens with one attached hydrogen (secondary N) is 2. The van der Waals surface area contributed by atoms with Gasteiger partial charge in [-0.2, -0.15) is 5.10 Å². The number of aryl methyl sites for hydroxylation is 1. The minimum absolute atomic E-state index is 0.0587. The number of hydrogen-bond acceptors (Lipinski definition) is 11. The number of carbonyl (C=O) groups is 2. The standard InChI is InChI=1S/C23H28N8O6/c1-5-31(21(33)22(2)9-10-22)16-11-15(17(28-27-16)20(32)26-23(34,35)36)25-14-8-6-7-13(18(14)37-4)19-24-12-30(3)29-19/h6-8,11-12,34-36H,5,9-10H2,1-4H3,(H,25,27)(H,26,32). The molecule has 0 aliphatic heterocycles. The van der Waals surface area contributed by atoms with E-state index in [4.69, 9.17) is 4.74 Å². The number of para-hydroxylation sites is 1. The highest BCUT2D eigenvalue weighted by Crippen LogP contribution is 2.47. The number of amides is 2. The number of anilines is 3. The molecule has 0 atom stereocenters. The molecule has 1 aliphatic carbocycles. The topological polar surface area (TPSA) is 188 Å². The van der Waals surface area contributed by atoms with Crippen LogP contribution in [0.3, 0.4) is 0 Å². The van der Waals surface area contributed by atoms with Crippen molar-refractivity contribution < 1.29 is 29.6 Å². The van der Waals surface area contributed by atoms with Gasteiger partial charge < -0.3 is 25.4 Å². The lowest BCUT2D eigenvalue weighted by Crippen LogP contribution is -2.48. The Morgan fingerprint density at radius 3 is 2.51 bits per heavy atom. The third-order valence-corrected chi connectivity index (χ3v) is 5.96. The highest BCUT2D eigenvalue weighted by Gasteiger charge is 2.47. The molecule has 37 heavy (non-hydrogen) atoms. The Hall–Kier alpha value is -4.14. The summed E-state index contributed by atoms with van der Waals surface area (Å²) < 4.78 is 7.15. The zero-order valence-corrected chi connectivity index (χ0v) is 20.8. The highest BCUT2D eigenvalue weighted by atomic mass is 16.7. The van der Waals surface area contributed by atoms with E-state index in [-0.39, 0.29) is 23.1 Å². The molecule has 1 saturated carbocycles. The van der Waals surface area contributed by atoms with Crippen LogP contribution in [0.5, 0.6) is 5.75 Å². The van der Waals surface area contributed by atoms with Gasteiger partial charge in [0.15, 0.2) is 23.1 Å². The average molecular weight is 513 g/mol. The molecule has 2 amide bonds. The summed E-state index contributed by atoms with van der Waals surface area (Å²) in [6, 6.07) is 6.60. The van der Waals surface area contributed by atoms with E-state index in [1.165, 1.54) is 29.1 Å². The first-order chi connectivity index (χ1) is 17.5. The molecule has 14 heteroatoms. The number of rotatable bonds is 9. The maximum absolute atomic E-state index is 13.1. The van der Waals surface area contributed by atoms with Gasteiger partial charge in [0.05, 0.1) is 24.0 Å². The maximum atomic E-state index is 13.1. The minimum atomic E-state index is -3.48. The second kappa shape index (κ2) is 9.72. The molecule has 2 aromatic heterocycles. The van der Waals surface area contributed by atoms with Gasteiger partial charge in [0.25, 0.3) is 5.91 Å². The van der Waals surface area contributed by atoms with E-state index < -0.39 is 17.4 Å². The van der Waals surface area contributed by atoms with Gasteiger partial charge in [0.1, 0.15) is 6.33 Å². The largest absolute Gasteiger partial charge is 0.494 e. The van der Waals surface area contributed by atoms with Crippen LogP contribution < -0.4 is 20.3 Å². The Balaban J connectivity index is 1.78. The summed E-state index contributed by atoms with van der Waals surface area (Å²) in [6.07, 6.45) is -0.419. The summed E-state index contributed by atoms with van der Waals surface area (Å²) in [5.74, 6) is -0.314. The van der Waals surface area contributed by atoms with Crippen LogP contribution in [-0.2, 0) is 11.8 Å². The Morgan fingerprint density at radius 1 is 1.22 bits per heavy atom. The second-order valence-corrected chi connectivity index (χ2v) is 8.92. The number of ether oxygens (including phenoxy) is 1. The van der Waals surface area contributed by atoms with Gasteiger partial charge >= 0.3 is 6.10 Å². The van der Waals surface area contributed by atoms with Crippen molar-refractivity contribution in [1.82, 2.24) is 30.3 Å². The van der Waals surface area contributed by atoms with Crippen LogP contribution >= 0.6 is 0 Å². The Bertz CT molecular complexity index is 1330. The van der Waals surface area contributed by atoms with E-state index in [9.17, 15) is 24.9 Å². The maximum Gasteiger partial charge on any atom is 0.369 e. The van der Waals surface area contributed by atoms with Crippen molar-refractivity contribution in [2.45, 2.75) is 32.8 Å². The number of hydrogen-bond donors (Lipinski definition) is 5. The minimum Gasteiger partial charge on any atom is -0.494 e. The SMILES string of the molecule is CCN(C(=O)C1(C)CC1)c1cc(Nc2cccc(-c3ncn(C)n3)c2OC)c(C(=O)NC(O)(O)O)nn1. The van der Waals surface area contributed by atoms with Crippen LogP contribution in [0.15, 0.2) is 30.6 Å². The molecular formula is C23H28N8O6.